The number of nitrogens with zero attached hydrogens (tertiary/aromatic N) is 4. The number of carbonyl (C=O) groups is 1. The van der Waals surface area contributed by atoms with Crippen LogP contribution in [-0.4, -0.2) is 31.4 Å². The molecule has 1 unspecified atom stereocenters. The average Bonchev–Trinajstić information content (AvgIpc) is 2.95. The van der Waals surface area contributed by atoms with Crippen molar-refractivity contribution < 1.29 is 14.5 Å². The average molecular weight is 373 g/mol. The van der Waals surface area contributed by atoms with E-state index in [2.05, 4.69) is 22.0 Å². The molecule has 0 aliphatic carbocycles. The molecule has 0 bridgehead atoms. The van der Waals surface area contributed by atoms with Crippen LogP contribution in [0.2, 0.25) is 0 Å². The number of rotatable bonds is 6. The van der Waals surface area contributed by atoms with E-state index in [0.29, 0.717) is 12.1 Å². The molecular weight excluding hydrogens is 350 g/mol. The van der Waals surface area contributed by atoms with Gasteiger partial charge in [0.1, 0.15) is 11.8 Å². The molecule has 0 saturated carbocycles. The molecule has 2 aromatic rings. The molecule has 2 heterocycles. The lowest BCUT2D eigenvalue weighted by atomic mass is 10.0. The monoisotopic (exact) mass is 373 g/mol. The van der Waals surface area contributed by atoms with E-state index in [0.717, 1.165) is 5.56 Å². The fraction of sp³-hybridized carbons (Fsp3) is 0.389. The summed E-state index contributed by atoms with van der Waals surface area (Å²) in [6.45, 7) is 9.06. The highest BCUT2D eigenvalue weighted by Crippen LogP contribution is 2.29. The molecule has 0 spiro atoms. The summed E-state index contributed by atoms with van der Waals surface area (Å²) in [5, 5.41) is 18.0. The zero-order valence-corrected chi connectivity index (χ0v) is 15.8. The molecule has 0 saturated heterocycles. The van der Waals surface area contributed by atoms with Crippen LogP contribution in [0, 0.1) is 10.1 Å². The lowest BCUT2D eigenvalue weighted by Crippen LogP contribution is -2.34. The van der Waals surface area contributed by atoms with Gasteiger partial charge in [-0.3, -0.25) is 19.8 Å². The van der Waals surface area contributed by atoms with Crippen molar-refractivity contribution in [3.05, 3.63) is 52.9 Å². The minimum atomic E-state index is -0.623. The molecular formula is C18H23N5O4. The SMILES string of the molecule is C=CCC(NC(=O)OC(C)(C)C)c1ccnc(-c2c([N+](=O)[O-])cnn2C)c1. The van der Waals surface area contributed by atoms with Crippen LogP contribution in [0.25, 0.3) is 11.4 Å². The van der Waals surface area contributed by atoms with Crippen molar-refractivity contribution in [2.75, 3.05) is 0 Å². The van der Waals surface area contributed by atoms with Crippen LogP contribution in [0.1, 0.15) is 38.8 Å². The minimum absolute atomic E-state index is 0.137. The summed E-state index contributed by atoms with van der Waals surface area (Å²) in [7, 11) is 1.61. The molecule has 0 radical (unpaired) electrons. The van der Waals surface area contributed by atoms with Gasteiger partial charge in [-0.15, -0.1) is 6.58 Å². The molecule has 0 aliphatic heterocycles. The van der Waals surface area contributed by atoms with Gasteiger partial charge >= 0.3 is 11.8 Å². The van der Waals surface area contributed by atoms with Gasteiger partial charge in [-0.25, -0.2) is 4.79 Å². The van der Waals surface area contributed by atoms with Crippen molar-refractivity contribution in [3.8, 4) is 11.4 Å². The maximum atomic E-state index is 12.1. The molecule has 0 aliphatic rings. The number of hydrogen-bond acceptors (Lipinski definition) is 6. The van der Waals surface area contributed by atoms with Gasteiger partial charge in [-0.1, -0.05) is 6.08 Å². The van der Waals surface area contributed by atoms with Gasteiger partial charge in [0.15, 0.2) is 5.69 Å². The number of aromatic nitrogens is 3. The molecule has 144 valence electrons. The zero-order valence-electron chi connectivity index (χ0n) is 15.8. The van der Waals surface area contributed by atoms with Crippen molar-refractivity contribution in [2.45, 2.75) is 38.8 Å². The molecule has 1 N–H and O–H groups in total. The Labute approximate surface area is 157 Å². The smallest absolute Gasteiger partial charge is 0.408 e. The lowest BCUT2D eigenvalue weighted by Gasteiger charge is -2.23. The van der Waals surface area contributed by atoms with E-state index in [1.54, 1.807) is 46.0 Å². The largest absolute Gasteiger partial charge is 0.444 e. The summed E-state index contributed by atoms with van der Waals surface area (Å²) in [6.07, 6.45) is 4.29. The van der Waals surface area contributed by atoms with E-state index in [9.17, 15) is 14.9 Å². The standard InChI is InChI=1S/C18H23N5O4/c1-6-7-13(21-17(24)27-18(2,3)4)12-8-9-19-14(10-12)16-15(23(25)26)11-20-22(16)5/h6,8-11,13H,1,7H2,2-5H3,(H,21,24). The Kier molecular flexibility index (Phi) is 5.94. The van der Waals surface area contributed by atoms with E-state index in [1.165, 1.54) is 17.1 Å². The fourth-order valence-corrected chi connectivity index (χ4v) is 2.54. The van der Waals surface area contributed by atoms with Crippen LogP contribution in [0.15, 0.2) is 37.2 Å². The first-order chi connectivity index (χ1) is 12.6. The van der Waals surface area contributed by atoms with Gasteiger partial charge in [0.05, 0.1) is 16.7 Å². The third-order valence-corrected chi connectivity index (χ3v) is 3.64. The summed E-state index contributed by atoms with van der Waals surface area (Å²) >= 11 is 0. The molecule has 1 atom stereocenters. The van der Waals surface area contributed by atoms with Crippen LogP contribution in [-0.2, 0) is 11.8 Å². The van der Waals surface area contributed by atoms with E-state index >= 15 is 0 Å². The molecule has 1 amide bonds. The van der Waals surface area contributed by atoms with Gasteiger partial charge in [-0.05, 0) is 44.9 Å². The third-order valence-electron chi connectivity index (χ3n) is 3.64. The van der Waals surface area contributed by atoms with E-state index < -0.39 is 22.7 Å². The Morgan fingerprint density at radius 2 is 2.22 bits per heavy atom. The van der Waals surface area contributed by atoms with Crippen LogP contribution >= 0.6 is 0 Å². The second kappa shape index (κ2) is 7.98. The Hall–Kier alpha value is -3.23. The quantitative estimate of drug-likeness (QED) is 0.471. The van der Waals surface area contributed by atoms with Crippen molar-refractivity contribution in [2.24, 2.45) is 7.05 Å². The highest BCUT2D eigenvalue weighted by atomic mass is 16.6. The number of aryl methyl sites for hydroxylation is 1. The normalized spacial score (nSPS) is 12.3. The van der Waals surface area contributed by atoms with Crippen LogP contribution < -0.4 is 5.32 Å². The Morgan fingerprint density at radius 3 is 2.81 bits per heavy atom. The number of nitro groups is 1. The van der Waals surface area contributed by atoms with Crippen molar-refractivity contribution >= 4 is 11.8 Å². The maximum absolute atomic E-state index is 12.1. The molecule has 0 fully saturated rings. The van der Waals surface area contributed by atoms with E-state index in [-0.39, 0.29) is 11.4 Å². The topological polar surface area (TPSA) is 112 Å². The molecule has 0 aromatic carbocycles. The first kappa shape index (κ1) is 20.1. The molecule has 9 nitrogen and oxygen atoms in total. The Bertz CT molecular complexity index is 854. The Balaban J connectivity index is 2.36. The summed E-state index contributed by atoms with van der Waals surface area (Å²) in [5.41, 5.74) is 0.640. The zero-order chi connectivity index (χ0) is 20.2. The van der Waals surface area contributed by atoms with Crippen molar-refractivity contribution in [1.29, 1.82) is 0 Å². The number of amides is 1. The Morgan fingerprint density at radius 1 is 1.52 bits per heavy atom. The number of alkyl carbamates (subject to hydrolysis) is 1. The van der Waals surface area contributed by atoms with Gasteiger partial charge < -0.3 is 10.1 Å². The molecule has 2 rings (SSSR count). The van der Waals surface area contributed by atoms with Gasteiger partial charge in [0.25, 0.3) is 0 Å². The number of hydrogen-bond donors (Lipinski definition) is 1. The molecule has 2 aromatic heterocycles. The fourth-order valence-electron chi connectivity index (χ4n) is 2.54. The molecule has 9 heteroatoms. The summed E-state index contributed by atoms with van der Waals surface area (Å²) < 4.78 is 6.70. The third kappa shape index (κ3) is 5.13. The first-order valence-electron chi connectivity index (χ1n) is 8.35. The van der Waals surface area contributed by atoms with Crippen LogP contribution in [0.3, 0.4) is 0 Å². The van der Waals surface area contributed by atoms with Crippen molar-refractivity contribution in [1.82, 2.24) is 20.1 Å². The van der Waals surface area contributed by atoms with Gasteiger partial charge in [0.2, 0.25) is 0 Å². The van der Waals surface area contributed by atoms with E-state index in [4.69, 9.17) is 4.74 Å². The van der Waals surface area contributed by atoms with Crippen molar-refractivity contribution in [3.63, 3.8) is 0 Å². The van der Waals surface area contributed by atoms with Gasteiger partial charge in [0, 0.05) is 13.2 Å². The van der Waals surface area contributed by atoms with Crippen LogP contribution in [0.4, 0.5) is 10.5 Å². The predicted octanol–water partition coefficient (Wildman–Crippen LogP) is 3.53. The number of nitrogens with one attached hydrogen (secondary N) is 1. The first-order valence-corrected chi connectivity index (χ1v) is 8.35. The predicted molar refractivity (Wildman–Crippen MR) is 100 cm³/mol. The number of pyridine rings is 1. The number of ether oxygens (including phenoxy) is 1. The van der Waals surface area contributed by atoms with E-state index in [1.807, 2.05) is 0 Å². The summed E-state index contributed by atoms with van der Waals surface area (Å²) in [4.78, 5) is 27.1. The number of carbonyl (C=O) groups excluding carboxylic acids is 1. The second-order valence-electron chi connectivity index (χ2n) is 6.96. The highest BCUT2D eigenvalue weighted by Gasteiger charge is 2.24. The minimum Gasteiger partial charge on any atom is -0.444 e. The van der Waals surface area contributed by atoms with Gasteiger partial charge in [-0.2, -0.15) is 5.10 Å². The summed E-state index contributed by atoms with van der Waals surface area (Å²) in [5.74, 6) is 0. The summed E-state index contributed by atoms with van der Waals surface area (Å²) in [6, 6.07) is 3.01. The van der Waals surface area contributed by atoms with Crippen LogP contribution in [0.5, 0.6) is 0 Å². The maximum Gasteiger partial charge on any atom is 0.408 e. The second-order valence-corrected chi connectivity index (χ2v) is 6.96. The molecule has 27 heavy (non-hydrogen) atoms. The highest BCUT2D eigenvalue weighted by molar-refractivity contribution is 5.69. The lowest BCUT2D eigenvalue weighted by molar-refractivity contribution is -0.384.